The number of carbonyl (C=O) groups is 4. The van der Waals surface area contributed by atoms with Crippen molar-refractivity contribution >= 4 is 23.7 Å². The molecule has 0 bridgehead atoms. The normalized spacial score (nSPS) is 10.9. The van der Waals surface area contributed by atoms with Crippen molar-refractivity contribution in [2.45, 2.75) is 47.1 Å². The van der Waals surface area contributed by atoms with Crippen molar-refractivity contribution in [1.82, 2.24) is 15.6 Å². The zero-order valence-electron chi connectivity index (χ0n) is 14.7. The number of aryl methyl sites for hydroxylation is 1. The second-order valence-electron chi connectivity index (χ2n) is 6.51. The van der Waals surface area contributed by atoms with Gasteiger partial charge in [-0.25, -0.2) is 9.59 Å². The van der Waals surface area contributed by atoms with E-state index in [1.165, 1.54) is 6.92 Å². The van der Waals surface area contributed by atoms with Gasteiger partial charge in [0, 0.05) is 16.8 Å². The number of hydrogen-bond acceptors (Lipinski definition) is 5. The number of aromatic amines is 1. The Bertz CT molecular complexity index is 683. The molecule has 0 aliphatic heterocycles. The van der Waals surface area contributed by atoms with Crippen LogP contribution >= 0.6 is 0 Å². The molecule has 0 atom stereocenters. The van der Waals surface area contributed by atoms with Crippen LogP contribution in [0.25, 0.3) is 0 Å². The van der Waals surface area contributed by atoms with Crippen LogP contribution in [-0.2, 0) is 9.53 Å². The minimum atomic E-state index is -0.769. The van der Waals surface area contributed by atoms with Crippen molar-refractivity contribution in [1.29, 1.82) is 0 Å². The second-order valence-corrected chi connectivity index (χ2v) is 6.51. The molecule has 132 valence electrons. The predicted octanol–water partition coefficient (Wildman–Crippen LogP) is 1.62. The van der Waals surface area contributed by atoms with Crippen LogP contribution in [0.2, 0.25) is 0 Å². The number of nitrogens with one attached hydrogen (secondary N) is 3. The van der Waals surface area contributed by atoms with Crippen molar-refractivity contribution in [3.8, 4) is 0 Å². The molecule has 0 saturated carbocycles. The van der Waals surface area contributed by atoms with Crippen LogP contribution in [0.4, 0.5) is 4.79 Å². The van der Waals surface area contributed by atoms with Gasteiger partial charge in [-0.15, -0.1) is 0 Å². The molecular weight excluding hydrogens is 314 g/mol. The number of hydrogen-bond donors (Lipinski definition) is 3. The number of ketones is 1. The molecule has 8 heteroatoms. The average molecular weight is 337 g/mol. The highest BCUT2D eigenvalue weighted by atomic mass is 16.5. The Labute approximate surface area is 140 Å². The summed E-state index contributed by atoms with van der Waals surface area (Å²) in [7, 11) is 0. The molecule has 1 heterocycles. The Balaban J connectivity index is 2.64. The Hall–Kier alpha value is -2.64. The lowest BCUT2D eigenvalue weighted by atomic mass is 10.1. The summed E-state index contributed by atoms with van der Waals surface area (Å²) >= 11 is 0. The first-order valence-corrected chi connectivity index (χ1v) is 7.41. The van der Waals surface area contributed by atoms with Crippen LogP contribution in [0.3, 0.4) is 0 Å². The van der Waals surface area contributed by atoms with Crippen LogP contribution in [0, 0.1) is 13.8 Å². The third-order valence-electron chi connectivity index (χ3n) is 3.07. The van der Waals surface area contributed by atoms with E-state index in [0.29, 0.717) is 16.8 Å². The molecule has 3 N–H and O–H groups in total. The summed E-state index contributed by atoms with van der Waals surface area (Å²) in [6.45, 7) is 9.38. The van der Waals surface area contributed by atoms with Crippen LogP contribution in [0.15, 0.2) is 0 Å². The van der Waals surface area contributed by atoms with Crippen LogP contribution in [0.5, 0.6) is 0 Å². The first-order chi connectivity index (χ1) is 10.9. The number of esters is 1. The Kier molecular flexibility index (Phi) is 5.89. The zero-order valence-corrected chi connectivity index (χ0v) is 14.7. The molecule has 24 heavy (non-hydrogen) atoms. The molecule has 0 spiro atoms. The van der Waals surface area contributed by atoms with E-state index in [9.17, 15) is 19.2 Å². The van der Waals surface area contributed by atoms with E-state index in [1.54, 1.807) is 34.6 Å². The number of carbonyl (C=O) groups excluding carboxylic acids is 4. The number of H-pyrrole nitrogens is 1. The van der Waals surface area contributed by atoms with Crippen LogP contribution < -0.4 is 10.6 Å². The summed E-state index contributed by atoms with van der Waals surface area (Å²) in [5.74, 6) is -1.69. The fraction of sp³-hybridized carbons (Fsp3) is 0.500. The molecular formula is C16H23N3O5. The fourth-order valence-corrected chi connectivity index (χ4v) is 2.22. The lowest BCUT2D eigenvalue weighted by Gasteiger charge is -2.20. The molecule has 0 aliphatic carbocycles. The van der Waals surface area contributed by atoms with E-state index >= 15 is 0 Å². The third kappa shape index (κ3) is 5.22. The maximum absolute atomic E-state index is 12.0. The molecule has 8 nitrogen and oxygen atoms in total. The van der Waals surface area contributed by atoms with Gasteiger partial charge in [0.1, 0.15) is 5.69 Å². The zero-order chi connectivity index (χ0) is 18.7. The lowest BCUT2D eigenvalue weighted by molar-refractivity contribution is -0.123. The number of aromatic nitrogens is 1. The highest BCUT2D eigenvalue weighted by molar-refractivity contribution is 6.02. The molecule has 1 rings (SSSR count). The van der Waals surface area contributed by atoms with Gasteiger partial charge in [-0.05, 0) is 47.1 Å². The van der Waals surface area contributed by atoms with Crippen molar-refractivity contribution in [2.75, 3.05) is 6.61 Å². The number of urea groups is 1. The first-order valence-electron chi connectivity index (χ1n) is 7.41. The smallest absolute Gasteiger partial charge is 0.355 e. The Morgan fingerprint density at radius 2 is 1.71 bits per heavy atom. The van der Waals surface area contributed by atoms with E-state index < -0.39 is 30.1 Å². The molecule has 3 amide bonds. The number of amides is 3. The molecule has 0 radical (unpaired) electrons. The van der Waals surface area contributed by atoms with Crippen molar-refractivity contribution in [3.63, 3.8) is 0 Å². The molecule has 0 saturated heterocycles. The van der Waals surface area contributed by atoms with Crippen molar-refractivity contribution in [3.05, 3.63) is 22.5 Å². The van der Waals surface area contributed by atoms with E-state index in [1.807, 2.05) is 0 Å². The van der Waals surface area contributed by atoms with Gasteiger partial charge in [-0.2, -0.15) is 0 Å². The van der Waals surface area contributed by atoms with E-state index in [-0.39, 0.29) is 11.5 Å². The van der Waals surface area contributed by atoms with Crippen molar-refractivity contribution in [2.24, 2.45) is 0 Å². The lowest BCUT2D eigenvalue weighted by Crippen LogP contribution is -2.49. The Morgan fingerprint density at radius 3 is 2.17 bits per heavy atom. The van der Waals surface area contributed by atoms with E-state index in [4.69, 9.17) is 4.74 Å². The quantitative estimate of drug-likeness (QED) is 0.570. The minimum Gasteiger partial charge on any atom is -0.451 e. The number of ether oxygens (including phenoxy) is 1. The maximum atomic E-state index is 12.0. The van der Waals surface area contributed by atoms with Gasteiger partial charge in [0.25, 0.3) is 5.91 Å². The summed E-state index contributed by atoms with van der Waals surface area (Å²) in [4.78, 5) is 49.5. The van der Waals surface area contributed by atoms with Gasteiger partial charge >= 0.3 is 12.0 Å². The van der Waals surface area contributed by atoms with Gasteiger partial charge in [0.15, 0.2) is 12.4 Å². The van der Waals surface area contributed by atoms with E-state index in [0.717, 1.165) is 0 Å². The SMILES string of the molecule is CC(=O)c1c(C)[nH]c(C(=O)OCC(=O)NC(=O)NC(C)(C)C)c1C. The molecule has 0 aliphatic rings. The summed E-state index contributed by atoms with van der Waals surface area (Å²) in [6, 6.07) is -0.672. The monoisotopic (exact) mass is 337 g/mol. The number of Topliss-reactive ketones (excluding diaryl/α,β-unsaturated/α-hetero) is 1. The highest BCUT2D eigenvalue weighted by Crippen LogP contribution is 2.19. The van der Waals surface area contributed by atoms with E-state index in [2.05, 4.69) is 15.6 Å². The average Bonchev–Trinajstić information content (AvgIpc) is 2.68. The highest BCUT2D eigenvalue weighted by Gasteiger charge is 2.22. The standard InChI is InChI=1S/C16H23N3O5/c1-8-12(10(3)20)9(2)17-13(8)14(22)24-7-11(21)18-15(23)19-16(4,5)6/h17H,7H2,1-6H3,(H2,18,19,21,23). The number of rotatable bonds is 4. The predicted molar refractivity (Wildman–Crippen MR) is 87.0 cm³/mol. The van der Waals surface area contributed by atoms with Crippen molar-refractivity contribution < 1.29 is 23.9 Å². The topological polar surface area (TPSA) is 117 Å². The summed E-state index contributed by atoms with van der Waals surface area (Å²) in [6.07, 6.45) is 0. The second kappa shape index (κ2) is 7.29. The van der Waals surface area contributed by atoms with Gasteiger partial charge in [-0.1, -0.05) is 0 Å². The van der Waals surface area contributed by atoms with Gasteiger partial charge < -0.3 is 15.0 Å². The fourth-order valence-electron chi connectivity index (χ4n) is 2.22. The minimum absolute atomic E-state index is 0.115. The summed E-state index contributed by atoms with van der Waals surface area (Å²) in [5.41, 5.74) is 1.07. The Morgan fingerprint density at radius 1 is 1.12 bits per heavy atom. The largest absolute Gasteiger partial charge is 0.451 e. The van der Waals surface area contributed by atoms with Gasteiger partial charge in [0.2, 0.25) is 0 Å². The van der Waals surface area contributed by atoms with Crippen LogP contribution in [0.1, 0.15) is 59.8 Å². The molecule has 1 aromatic heterocycles. The van der Waals surface area contributed by atoms with Gasteiger partial charge in [0.05, 0.1) is 0 Å². The van der Waals surface area contributed by atoms with Crippen LogP contribution in [-0.4, -0.2) is 40.8 Å². The number of imide groups is 1. The van der Waals surface area contributed by atoms with Gasteiger partial charge in [-0.3, -0.25) is 14.9 Å². The molecule has 0 fully saturated rings. The molecule has 0 unspecified atom stereocenters. The summed E-state index contributed by atoms with van der Waals surface area (Å²) in [5, 5.41) is 4.61. The first kappa shape index (κ1) is 19.4. The molecule has 0 aromatic carbocycles. The third-order valence-corrected chi connectivity index (χ3v) is 3.07. The molecule has 1 aromatic rings. The summed E-state index contributed by atoms with van der Waals surface area (Å²) < 4.78 is 4.88. The maximum Gasteiger partial charge on any atom is 0.355 e.